The molecule has 3 unspecified atom stereocenters. The predicted molar refractivity (Wildman–Crippen MR) is 336 cm³/mol. The van der Waals surface area contributed by atoms with Crippen LogP contribution in [-0.4, -0.2) is 12.3 Å². The van der Waals surface area contributed by atoms with E-state index in [9.17, 15) is 0 Å². The van der Waals surface area contributed by atoms with Gasteiger partial charge in [-0.1, -0.05) is 157 Å². The van der Waals surface area contributed by atoms with Gasteiger partial charge in [0.15, 0.2) is 0 Å². The summed E-state index contributed by atoms with van der Waals surface area (Å²) in [5.41, 5.74) is 34.5. The Morgan fingerprint density at radius 3 is 1.75 bits per heavy atom. The molecule has 0 aromatic heterocycles. The molecule has 9 aliphatic rings. The first kappa shape index (κ1) is 48.9. The van der Waals surface area contributed by atoms with Gasteiger partial charge in [-0.3, -0.25) is 0 Å². The van der Waals surface area contributed by atoms with Gasteiger partial charge >= 0.3 is 0 Å². The number of rotatable bonds is 1. The number of nitrogens with zero attached hydrogens (tertiary/aromatic N) is 3. The average molecular weight is 1040 g/mol. The second kappa shape index (κ2) is 15.1. The second-order valence-electron chi connectivity index (χ2n) is 30.9. The fourth-order valence-electron chi connectivity index (χ4n) is 18.7. The van der Waals surface area contributed by atoms with Gasteiger partial charge in [-0.15, -0.1) is 0 Å². The van der Waals surface area contributed by atoms with Crippen molar-refractivity contribution >= 4 is 68.6 Å². The molecular formula is C75H82BN3. The minimum absolute atomic E-state index is 0.00771. The summed E-state index contributed by atoms with van der Waals surface area (Å²) in [6.45, 7) is 35.5. The number of fused-ring (bicyclic) bond motifs is 20. The summed E-state index contributed by atoms with van der Waals surface area (Å²) >= 11 is 0. The lowest BCUT2D eigenvalue weighted by Gasteiger charge is -2.52. The van der Waals surface area contributed by atoms with E-state index in [-0.39, 0.29) is 50.2 Å². The van der Waals surface area contributed by atoms with Crippen LogP contribution in [0.25, 0.3) is 11.1 Å². The van der Waals surface area contributed by atoms with Crippen LogP contribution in [0.15, 0.2) is 109 Å². The molecular weight excluding hydrogens is 954 g/mol. The van der Waals surface area contributed by atoms with Crippen molar-refractivity contribution in [3.63, 3.8) is 0 Å². The molecule has 3 atom stereocenters. The van der Waals surface area contributed by atoms with E-state index >= 15 is 0 Å². The van der Waals surface area contributed by atoms with Crippen molar-refractivity contribution in [1.82, 2.24) is 0 Å². The van der Waals surface area contributed by atoms with Gasteiger partial charge in [-0.05, 0) is 236 Å². The highest BCUT2D eigenvalue weighted by Gasteiger charge is 2.59. The summed E-state index contributed by atoms with van der Waals surface area (Å²) in [5, 5.41) is 0. The zero-order valence-electron chi connectivity index (χ0n) is 50.1. The third kappa shape index (κ3) is 6.08. The molecule has 3 nitrogen and oxygen atoms in total. The average Bonchev–Trinajstić information content (AvgIpc) is 2.48. The molecule has 0 spiro atoms. The maximum Gasteiger partial charge on any atom is 0.252 e. The van der Waals surface area contributed by atoms with E-state index in [1.165, 1.54) is 168 Å². The van der Waals surface area contributed by atoms with E-state index in [1.807, 2.05) is 0 Å². The molecule has 0 N–H and O–H groups in total. The molecule has 7 aromatic carbocycles. The Labute approximate surface area is 473 Å². The van der Waals surface area contributed by atoms with E-state index in [1.54, 1.807) is 11.1 Å². The molecule has 4 heterocycles. The smallest absolute Gasteiger partial charge is 0.252 e. The number of hydrogen-bond acceptors (Lipinski definition) is 3. The topological polar surface area (TPSA) is 9.72 Å². The van der Waals surface area contributed by atoms with Gasteiger partial charge in [0.25, 0.3) is 6.71 Å². The fraction of sp³-hybridized carbons (Fsp3) is 0.440. The minimum Gasteiger partial charge on any atom is -0.334 e. The SMILES string of the molecule is Cc1cc2c3cc1N1c4cc(cc5c4B(c4cc6c(cc4N5c4ccc5c(c4)C(C)(C)CCC5(C)C)C(C)(C)CCC6(C)C)c4c1ccc1c4Cc4ccccc4-1)N1c4cc(ccc4C4(C)CCCCC14C)C3(C)CCC2(C)C. The van der Waals surface area contributed by atoms with Crippen LogP contribution in [0.1, 0.15) is 215 Å². The van der Waals surface area contributed by atoms with Crippen LogP contribution in [0.3, 0.4) is 0 Å². The van der Waals surface area contributed by atoms with E-state index < -0.39 is 0 Å². The Morgan fingerprint density at radius 2 is 1.01 bits per heavy atom. The zero-order valence-corrected chi connectivity index (χ0v) is 50.1. The Morgan fingerprint density at radius 1 is 0.405 bits per heavy atom. The molecule has 0 radical (unpaired) electrons. The summed E-state index contributed by atoms with van der Waals surface area (Å²) in [4.78, 5) is 8.60. The van der Waals surface area contributed by atoms with Crippen LogP contribution in [0.2, 0.25) is 0 Å². The zero-order chi connectivity index (χ0) is 54.7. The molecule has 0 saturated heterocycles. The highest BCUT2D eigenvalue weighted by Crippen LogP contribution is 2.64. The lowest BCUT2D eigenvalue weighted by molar-refractivity contribution is 0.195. The van der Waals surface area contributed by atoms with Gasteiger partial charge in [0.1, 0.15) is 0 Å². The molecule has 4 heteroatoms. The molecule has 0 amide bonds. The van der Waals surface area contributed by atoms with Crippen LogP contribution < -0.4 is 31.1 Å². The second-order valence-corrected chi connectivity index (χ2v) is 30.9. The van der Waals surface area contributed by atoms with Crippen LogP contribution >= 0.6 is 0 Å². The van der Waals surface area contributed by atoms with Crippen molar-refractivity contribution in [3.8, 4) is 11.1 Å². The van der Waals surface area contributed by atoms with Gasteiger partial charge < -0.3 is 14.7 Å². The first-order valence-electron chi connectivity index (χ1n) is 30.8. The normalized spacial score (nSPS) is 26.4. The van der Waals surface area contributed by atoms with Crippen LogP contribution in [-0.2, 0) is 44.3 Å². The van der Waals surface area contributed by atoms with Crippen LogP contribution in [0.4, 0.5) is 45.5 Å². The molecule has 7 aromatic rings. The van der Waals surface area contributed by atoms with Gasteiger partial charge in [-0.2, -0.15) is 0 Å². The summed E-state index contributed by atoms with van der Waals surface area (Å²) in [6, 6.07) is 46.4. The maximum atomic E-state index is 2.94. The number of aryl methyl sites for hydroxylation is 1. The Balaban J connectivity index is 1.10. The van der Waals surface area contributed by atoms with Gasteiger partial charge in [-0.25, -0.2) is 0 Å². The van der Waals surface area contributed by atoms with E-state index in [2.05, 4.69) is 221 Å². The molecule has 16 rings (SSSR count). The molecule has 6 bridgehead atoms. The lowest BCUT2D eigenvalue weighted by atomic mass is 9.32. The molecule has 1 saturated carbocycles. The van der Waals surface area contributed by atoms with Crippen molar-refractivity contribution in [2.24, 2.45) is 0 Å². The van der Waals surface area contributed by atoms with Crippen molar-refractivity contribution in [3.05, 3.63) is 170 Å². The Kier molecular flexibility index (Phi) is 9.35. The van der Waals surface area contributed by atoms with Crippen LogP contribution in [0.5, 0.6) is 0 Å². The van der Waals surface area contributed by atoms with Gasteiger partial charge in [0.05, 0.1) is 5.54 Å². The lowest BCUT2D eigenvalue weighted by Crippen LogP contribution is -2.63. The quantitative estimate of drug-likeness (QED) is 0.152. The largest absolute Gasteiger partial charge is 0.334 e. The highest BCUT2D eigenvalue weighted by molar-refractivity contribution is 7.00. The standard InChI is InChI=1S/C75H82BN3/c1-44-35-54-58-43-61(44)78-60-26-23-50-49-20-16-15-19-45(49)36-51(50)66(60)76-59-41-56-57(71(8,9)32-31-70(56,6)7)42-63(59)77(47-22-25-52-55(38-47)69(4,5)30-29-68(52,2)3)64-39-48(40-65(78)67(64)76)79-62-37-46(73(58,12)34-33-72(54,10)11)21-24-53(62)74(13)27-17-18-28-75(74,79)14/h15-16,19-26,35,37-43H,17-18,27-34,36H2,1-14H3. The summed E-state index contributed by atoms with van der Waals surface area (Å²) in [7, 11) is 0. The maximum absolute atomic E-state index is 2.94. The molecule has 79 heavy (non-hydrogen) atoms. The fourth-order valence-corrected chi connectivity index (χ4v) is 18.7. The summed E-state index contributed by atoms with van der Waals surface area (Å²) in [5.74, 6) is 0. The first-order valence-corrected chi connectivity index (χ1v) is 30.8. The van der Waals surface area contributed by atoms with Crippen molar-refractivity contribution in [2.75, 3.05) is 14.7 Å². The molecule has 1 fully saturated rings. The van der Waals surface area contributed by atoms with E-state index in [0.717, 1.165) is 25.7 Å². The number of hydrogen-bond donors (Lipinski definition) is 0. The van der Waals surface area contributed by atoms with E-state index in [0.29, 0.717) is 0 Å². The summed E-state index contributed by atoms with van der Waals surface area (Å²) in [6.07, 6.45) is 12.8. The minimum atomic E-state index is -0.166. The number of benzene rings is 7. The monoisotopic (exact) mass is 1040 g/mol. The molecule has 4 aliphatic heterocycles. The first-order chi connectivity index (χ1) is 37.4. The van der Waals surface area contributed by atoms with Crippen LogP contribution in [0, 0.1) is 6.92 Å². The van der Waals surface area contributed by atoms with Crippen molar-refractivity contribution in [2.45, 2.75) is 211 Å². The van der Waals surface area contributed by atoms with Crippen molar-refractivity contribution in [1.29, 1.82) is 0 Å². The highest BCUT2D eigenvalue weighted by atomic mass is 15.3. The Hall–Kier alpha value is -6.00. The van der Waals surface area contributed by atoms with E-state index in [4.69, 9.17) is 0 Å². The number of anilines is 8. The predicted octanol–water partition coefficient (Wildman–Crippen LogP) is 17.8. The molecule has 5 aliphatic carbocycles. The van der Waals surface area contributed by atoms with Gasteiger partial charge in [0.2, 0.25) is 0 Å². The molecule has 400 valence electrons. The third-order valence-electron chi connectivity index (χ3n) is 24.2. The van der Waals surface area contributed by atoms with Gasteiger partial charge in [0, 0.05) is 56.3 Å². The third-order valence-corrected chi connectivity index (χ3v) is 24.2. The summed E-state index contributed by atoms with van der Waals surface area (Å²) < 4.78 is 0. The van der Waals surface area contributed by atoms with Crippen molar-refractivity contribution < 1.29 is 0 Å². The Bertz CT molecular complexity index is 3920.